The fourth-order valence-electron chi connectivity index (χ4n) is 17.6. The van der Waals surface area contributed by atoms with E-state index in [1.165, 1.54) is 170 Å². The lowest BCUT2D eigenvalue weighted by atomic mass is 9.82. The first-order chi connectivity index (χ1) is 54.9. The number of hydrogen-bond donors (Lipinski definition) is 0. The van der Waals surface area contributed by atoms with Gasteiger partial charge in [0.2, 0.25) is 0 Å². The third-order valence-electron chi connectivity index (χ3n) is 22.9. The summed E-state index contributed by atoms with van der Waals surface area (Å²) in [6.45, 7) is 15.6. The summed E-state index contributed by atoms with van der Waals surface area (Å²) in [4.78, 5) is 4.76. The molecule has 4 nitrogen and oxygen atoms in total. The number of benzene rings is 18. The number of anilines is 6. The van der Waals surface area contributed by atoms with E-state index in [-0.39, 0.29) is 5.41 Å². The first-order valence-electron chi connectivity index (χ1n) is 39.1. The van der Waals surface area contributed by atoms with Gasteiger partial charge in [0.25, 0.3) is 0 Å². The van der Waals surface area contributed by atoms with Gasteiger partial charge in [0, 0.05) is 67.0 Å². The largest absolute Gasteiger partial charge is 0.310 e. The van der Waals surface area contributed by atoms with Crippen molar-refractivity contribution in [2.24, 2.45) is 0 Å². The maximum absolute atomic E-state index is 2.42. The second kappa shape index (κ2) is 28.3. The van der Waals surface area contributed by atoms with Crippen molar-refractivity contribution in [2.45, 2.75) is 53.9 Å². The molecule has 0 bridgehead atoms. The number of hydrogen-bond acceptors (Lipinski definition) is 2. The number of para-hydroxylation sites is 5. The van der Waals surface area contributed by atoms with E-state index in [9.17, 15) is 0 Å². The fraction of sp³-hybridized carbons (Fsp3) is 0.0741. The van der Waals surface area contributed by atoms with Gasteiger partial charge >= 0.3 is 0 Å². The highest BCUT2D eigenvalue weighted by Crippen LogP contribution is 2.49. The predicted octanol–water partition coefficient (Wildman–Crippen LogP) is 30.3. The highest BCUT2D eigenvalue weighted by atomic mass is 15.2. The first-order valence-corrected chi connectivity index (χ1v) is 39.1. The molecule has 0 N–H and O–H groups in total. The molecule has 2 heterocycles. The Morgan fingerprint density at radius 3 is 1.03 bits per heavy atom. The topological polar surface area (TPSA) is 16.3 Å². The van der Waals surface area contributed by atoms with Crippen LogP contribution in [-0.4, -0.2) is 9.13 Å². The average Bonchev–Trinajstić information content (AvgIpc) is 1.33. The Morgan fingerprint density at radius 1 is 0.223 bits per heavy atom. The van der Waals surface area contributed by atoms with Crippen LogP contribution < -0.4 is 9.80 Å². The number of fused-ring (bicyclic) bond motifs is 10. The molecule has 536 valence electrons. The van der Waals surface area contributed by atoms with E-state index >= 15 is 0 Å². The molecule has 0 aliphatic rings. The molecule has 112 heavy (non-hydrogen) atoms. The van der Waals surface area contributed by atoms with E-state index in [0.29, 0.717) is 0 Å². The Kier molecular flexibility index (Phi) is 17.4. The van der Waals surface area contributed by atoms with Gasteiger partial charge in [-0.3, -0.25) is 0 Å². The maximum Gasteiger partial charge on any atom is 0.0542 e. The molecule has 0 aliphatic carbocycles. The van der Waals surface area contributed by atoms with Crippen molar-refractivity contribution in [3.05, 3.63) is 410 Å². The van der Waals surface area contributed by atoms with Crippen molar-refractivity contribution in [1.82, 2.24) is 9.13 Å². The summed E-state index contributed by atoms with van der Waals surface area (Å²) in [6, 6.07) is 140. The van der Waals surface area contributed by atoms with Crippen molar-refractivity contribution < 1.29 is 0 Å². The van der Waals surface area contributed by atoms with E-state index in [1.54, 1.807) is 0 Å². The number of rotatable bonds is 12. The van der Waals surface area contributed by atoms with Crippen LogP contribution in [-0.2, 0) is 5.41 Å². The highest BCUT2D eigenvalue weighted by molar-refractivity contribution is 6.23. The summed E-state index contributed by atoms with van der Waals surface area (Å²) >= 11 is 0. The van der Waals surface area contributed by atoms with Crippen LogP contribution in [0.4, 0.5) is 34.1 Å². The first kappa shape index (κ1) is 68.7. The molecular formula is C108H84N4. The lowest BCUT2D eigenvalue weighted by Crippen LogP contribution is -2.12. The van der Waals surface area contributed by atoms with E-state index in [1.807, 2.05) is 0 Å². The van der Waals surface area contributed by atoms with Crippen LogP contribution in [0.3, 0.4) is 0 Å². The Hall–Kier alpha value is -13.8. The molecule has 18 aromatic carbocycles. The van der Waals surface area contributed by atoms with Crippen molar-refractivity contribution >= 4 is 121 Å². The highest BCUT2D eigenvalue weighted by Gasteiger charge is 2.25. The molecule has 0 spiro atoms. The lowest BCUT2D eigenvalue weighted by Gasteiger charge is -2.28. The van der Waals surface area contributed by atoms with Gasteiger partial charge in [0.05, 0.1) is 22.1 Å². The van der Waals surface area contributed by atoms with Crippen molar-refractivity contribution in [1.29, 1.82) is 0 Å². The van der Waals surface area contributed by atoms with Crippen LogP contribution in [0.1, 0.15) is 48.6 Å². The van der Waals surface area contributed by atoms with Crippen molar-refractivity contribution in [3.63, 3.8) is 0 Å². The predicted molar refractivity (Wildman–Crippen MR) is 480 cm³/mol. The monoisotopic (exact) mass is 1440 g/mol. The molecule has 0 unspecified atom stereocenters. The summed E-state index contributed by atoms with van der Waals surface area (Å²) in [5.41, 5.74) is 30.4. The van der Waals surface area contributed by atoms with Crippen LogP contribution in [0.15, 0.2) is 382 Å². The van der Waals surface area contributed by atoms with Crippen LogP contribution >= 0.6 is 0 Å². The zero-order chi connectivity index (χ0) is 75.7. The lowest BCUT2D eigenvalue weighted by molar-refractivity contribution is 0.590. The van der Waals surface area contributed by atoms with Gasteiger partial charge < -0.3 is 18.9 Å². The number of nitrogens with zero attached hydrogens (tertiary/aromatic N) is 4. The van der Waals surface area contributed by atoms with E-state index < -0.39 is 0 Å². The minimum Gasteiger partial charge on any atom is -0.310 e. The Bertz CT molecular complexity index is 6870. The molecule has 0 saturated carbocycles. The zero-order valence-electron chi connectivity index (χ0n) is 64.2. The minimum atomic E-state index is 0.0604. The molecule has 0 amide bonds. The van der Waals surface area contributed by atoms with E-state index in [2.05, 4.69) is 450 Å². The second-order valence-corrected chi connectivity index (χ2v) is 30.9. The fourth-order valence-corrected chi connectivity index (χ4v) is 17.6. The van der Waals surface area contributed by atoms with Gasteiger partial charge in [-0.25, -0.2) is 0 Å². The maximum atomic E-state index is 2.42. The van der Waals surface area contributed by atoms with Gasteiger partial charge in [0.1, 0.15) is 0 Å². The average molecular weight is 1440 g/mol. The van der Waals surface area contributed by atoms with Gasteiger partial charge in [-0.2, -0.15) is 0 Å². The van der Waals surface area contributed by atoms with Gasteiger partial charge in [-0.1, -0.05) is 294 Å². The summed E-state index contributed by atoms with van der Waals surface area (Å²) in [5.74, 6) is 0. The molecule has 20 aromatic rings. The Morgan fingerprint density at radius 2 is 0.580 bits per heavy atom. The molecule has 0 aliphatic heterocycles. The summed E-state index contributed by atoms with van der Waals surface area (Å²) in [5, 5.41) is 15.1. The van der Waals surface area contributed by atoms with Crippen LogP contribution in [0, 0.1) is 27.7 Å². The molecule has 0 radical (unpaired) electrons. The summed E-state index contributed by atoms with van der Waals surface area (Å²) < 4.78 is 4.83. The van der Waals surface area contributed by atoms with E-state index in [4.69, 9.17) is 0 Å². The molecule has 4 heteroatoms. The van der Waals surface area contributed by atoms with Crippen molar-refractivity contribution in [3.8, 4) is 55.9 Å². The molecule has 0 fully saturated rings. The molecule has 0 saturated heterocycles. The number of aryl methyl sites for hydroxylation is 4. The minimum absolute atomic E-state index is 0.0604. The zero-order valence-corrected chi connectivity index (χ0v) is 64.2. The third-order valence-corrected chi connectivity index (χ3v) is 22.9. The summed E-state index contributed by atoms with van der Waals surface area (Å²) in [7, 11) is 0. The molecule has 0 atom stereocenters. The Labute approximate surface area is 655 Å². The van der Waals surface area contributed by atoms with Crippen molar-refractivity contribution in [2.75, 3.05) is 9.80 Å². The second-order valence-electron chi connectivity index (χ2n) is 30.9. The van der Waals surface area contributed by atoms with Gasteiger partial charge in [-0.05, 0) is 258 Å². The van der Waals surface area contributed by atoms with Crippen LogP contribution in [0.5, 0.6) is 0 Å². The third kappa shape index (κ3) is 12.0. The van der Waals surface area contributed by atoms with Gasteiger partial charge in [-0.15, -0.1) is 0 Å². The molecular weight excluding hydrogens is 1350 g/mol. The SMILES string of the molecule is Cc1cccc(N(c2ccccc2)c2ccc3c(c2)c2ccccc2n3-c2ccc(-c3c4ccccc4c(-c4ccccc4C)c4ccccc34)cc2)c1.Cc1ccccc1N(c1ccc2c(c1)c1ccccc1n2-c1ccc(-c2c3ccccc3c(-c3cccc(C(C)(C)C)c3)c3ccccc23)cc1)c1ccccc1C. The smallest absolute Gasteiger partial charge is 0.0542 e. The van der Waals surface area contributed by atoms with Crippen LogP contribution in [0.25, 0.3) is 143 Å². The van der Waals surface area contributed by atoms with Gasteiger partial charge in [0.15, 0.2) is 0 Å². The van der Waals surface area contributed by atoms with E-state index in [0.717, 1.165) is 34.1 Å². The Balaban J connectivity index is 0.000000151. The summed E-state index contributed by atoms with van der Waals surface area (Å²) in [6.07, 6.45) is 0. The van der Waals surface area contributed by atoms with Crippen LogP contribution in [0.2, 0.25) is 0 Å². The molecule has 2 aromatic heterocycles. The quantitative estimate of drug-likeness (QED) is 0.113. The standard InChI is InChI=1S/C56H46N2.C52H38N2/c1-37-17-6-13-26-50(37)58(51-27-14-7-18-38(51)2)43-33-34-53-49(36-43)44-21-12-15-28-52(44)57(53)42-31-29-39(30-32-42)54-45-22-8-10-24-47(45)55(48-25-11-9-23-46(48)54)40-19-16-20-41(35-40)56(3,4)5;1-35-15-14-19-40(33-35)53(38-17-4-3-5-18-38)41-31-32-50-48(34-41)43-21-12-13-26-49(43)54(50)39-29-27-37(28-30-39)51-44-22-8-10-24-46(44)52(42-20-7-6-16-36(42)2)47-25-11-9-23-45(47)51/h6-36H,1-5H3;3-34H,1-2H3. The normalized spacial score (nSPS) is 11.7. The number of aromatic nitrogens is 2. The molecule has 20 rings (SSSR count).